The van der Waals surface area contributed by atoms with Crippen molar-refractivity contribution in [1.82, 2.24) is 9.55 Å². The van der Waals surface area contributed by atoms with Gasteiger partial charge in [0.05, 0.1) is 12.9 Å². The summed E-state index contributed by atoms with van der Waals surface area (Å²) in [5, 5.41) is 8.72. The number of nitrogens with one attached hydrogen (secondary N) is 1. The Bertz CT molecular complexity index is 502. The smallest absolute Gasteiger partial charge is 0.328 e. The van der Waals surface area contributed by atoms with E-state index in [1.807, 2.05) is 0 Å². The summed E-state index contributed by atoms with van der Waals surface area (Å²) in [4.78, 5) is 24.5. The average molecular weight is 228 g/mol. The third-order valence-corrected chi connectivity index (χ3v) is 2.22. The minimum atomic E-state index is -0.535. The molecule has 0 aliphatic heterocycles. The topological polar surface area (TPSA) is 75.1 Å². The minimum absolute atomic E-state index is 0.204. The summed E-state index contributed by atoms with van der Waals surface area (Å²) in [6.07, 6.45) is 1.95. The molecule has 1 aromatic rings. The molecule has 1 heterocycles. The molecular formula is C10H13FN2O3. The number of aliphatic hydroxyl groups excluding tert-OH is 1. The van der Waals surface area contributed by atoms with E-state index in [0.717, 1.165) is 0 Å². The Morgan fingerprint density at radius 1 is 1.62 bits per heavy atom. The van der Waals surface area contributed by atoms with Gasteiger partial charge in [-0.05, 0) is 18.9 Å². The highest BCUT2D eigenvalue weighted by atomic mass is 19.1. The van der Waals surface area contributed by atoms with E-state index in [9.17, 15) is 14.0 Å². The van der Waals surface area contributed by atoms with Gasteiger partial charge >= 0.3 is 5.69 Å². The highest BCUT2D eigenvalue weighted by Gasteiger charge is 2.02. The van der Waals surface area contributed by atoms with Crippen LogP contribution < -0.4 is 11.2 Å². The van der Waals surface area contributed by atoms with Gasteiger partial charge in [-0.3, -0.25) is 9.78 Å². The third kappa shape index (κ3) is 2.90. The summed E-state index contributed by atoms with van der Waals surface area (Å²) in [6.45, 7) is 1.41. The molecular weight excluding hydrogens is 215 g/mol. The van der Waals surface area contributed by atoms with E-state index >= 15 is 0 Å². The van der Waals surface area contributed by atoms with Crippen LogP contribution in [0.1, 0.15) is 12.0 Å². The maximum absolute atomic E-state index is 12.1. The number of aliphatic hydroxyl groups is 1. The first kappa shape index (κ1) is 12.4. The van der Waals surface area contributed by atoms with Gasteiger partial charge in [0.15, 0.2) is 0 Å². The van der Waals surface area contributed by atoms with Crippen LogP contribution in [0.15, 0.2) is 27.7 Å². The van der Waals surface area contributed by atoms with E-state index in [-0.39, 0.29) is 25.1 Å². The molecule has 0 bridgehead atoms. The summed E-state index contributed by atoms with van der Waals surface area (Å²) in [7, 11) is 0. The monoisotopic (exact) mass is 228 g/mol. The fourth-order valence-electron chi connectivity index (χ4n) is 1.22. The highest BCUT2D eigenvalue weighted by molar-refractivity contribution is 5.02. The number of halogens is 1. The Balaban J connectivity index is 2.87. The quantitative estimate of drug-likeness (QED) is 0.766. The molecule has 0 spiro atoms. The van der Waals surface area contributed by atoms with E-state index in [1.165, 1.54) is 10.8 Å². The lowest BCUT2D eigenvalue weighted by molar-refractivity contribution is 0.321. The lowest BCUT2D eigenvalue weighted by Crippen LogP contribution is -2.30. The molecule has 0 saturated carbocycles. The van der Waals surface area contributed by atoms with Crippen LogP contribution in [0.25, 0.3) is 0 Å². The summed E-state index contributed by atoms with van der Waals surface area (Å²) in [5.41, 5.74) is -0.346. The zero-order valence-electron chi connectivity index (χ0n) is 8.86. The molecule has 0 atom stereocenters. The van der Waals surface area contributed by atoms with Gasteiger partial charge in [-0.15, -0.1) is 0 Å². The van der Waals surface area contributed by atoms with Crippen molar-refractivity contribution >= 4 is 0 Å². The molecule has 0 radical (unpaired) electrons. The number of rotatable bonds is 4. The predicted octanol–water partition coefficient (Wildman–Crippen LogP) is 0.0808. The van der Waals surface area contributed by atoms with Crippen molar-refractivity contribution in [2.24, 2.45) is 0 Å². The lowest BCUT2D eigenvalue weighted by Gasteiger charge is -2.06. The molecule has 0 unspecified atom stereocenters. The molecule has 88 valence electrons. The van der Waals surface area contributed by atoms with Gasteiger partial charge < -0.3 is 9.67 Å². The fourth-order valence-corrected chi connectivity index (χ4v) is 1.22. The molecule has 1 rings (SSSR count). The largest absolute Gasteiger partial charge is 0.392 e. The van der Waals surface area contributed by atoms with Crippen LogP contribution in [0.5, 0.6) is 0 Å². The van der Waals surface area contributed by atoms with E-state index in [1.54, 1.807) is 6.92 Å². The van der Waals surface area contributed by atoms with Gasteiger partial charge in [-0.2, -0.15) is 0 Å². The zero-order chi connectivity index (χ0) is 12.1. The van der Waals surface area contributed by atoms with Crippen molar-refractivity contribution in [3.05, 3.63) is 44.5 Å². The van der Waals surface area contributed by atoms with E-state index in [2.05, 4.69) is 4.98 Å². The average Bonchev–Trinajstić information content (AvgIpc) is 2.26. The first-order valence-electron chi connectivity index (χ1n) is 4.78. The lowest BCUT2D eigenvalue weighted by atomic mass is 10.2. The second-order valence-electron chi connectivity index (χ2n) is 3.44. The van der Waals surface area contributed by atoms with Gasteiger partial charge in [0.1, 0.15) is 0 Å². The Morgan fingerprint density at radius 2 is 2.31 bits per heavy atom. The van der Waals surface area contributed by atoms with Crippen LogP contribution in [0.4, 0.5) is 4.39 Å². The molecule has 0 aliphatic carbocycles. The van der Waals surface area contributed by atoms with Crippen molar-refractivity contribution in [2.75, 3.05) is 6.61 Å². The standard InChI is InChI=1S/C10H13FN2O3/c1-7-5-13(10(16)12-9(7)15)3-2-8(4-11)6-14/h4-5,14H,2-3,6H2,1H3,(H,12,15,16)/b8-4+. The summed E-state index contributed by atoms with van der Waals surface area (Å²) >= 11 is 0. The van der Waals surface area contributed by atoms with Gasteiger partial charge in [0, 0.05) is 18.3 Å². The van der Waals surface area contributed by atoms with Crippen LogP contribution in [0, 0.1) is 6.92 Å². The third-order valence-electron chi connectivity index (χ3n) is 2.22. The van der Waals surface area contributed by atoms with E-state index in [4.69, 9.17) is 5.11 Å². The molecule has 1 aromatic heterocycles. The number of aryl methyl sites for hydroxylation is 2. The molecule has 2 N–H and O–H groups in total. The number of aromatic nitrogens is 2. The highest BCUT2D eigenvalue weighted by Crippen LogP contribution is 2.02. The van der Waals surface area contributed by atoms with Crippen molar-refractivity contribution in [3.63, 3.8) is 0 Å². The second kappa shape index (κ2) is 5.41. The van der Waals surface area contributed by atoms with Crippen molar-refractivity contribution < 1.29 is 9.50 Å². The summed E-state index contributed by atoms with van der Waals surface area (Å²) in [5.74, 6) is 0. The normalized spacial score (nSPS) is 11.8. The van der Waals surface area contributed by atoms with Gasteiger partial charge in [0.2, 0.25) is 0 Å². The fraction of sp³-hybridized carbons (Fsp3) is 0.400. The maximum Gasteiger partial charge on any atom is 0.328 e. The minimum Gasteiger partial charge on any atom is -0.392 e. The van der Waals surface area contributed by atoms with Crippen LogP contribution in [-0.4, -0.2) is 21.3 Å². The molecule has 0 fully saturated rings. The zero-order valence-corrected chi connectivity index (χ0v) is 8.86. The number of hydrogen-bond donors (Lipinski definition) is 2. The predicted molar refractivity (Wildman–Crippen MR) is 57.0 cm³/mol. The first-order chi connectivity index (χ1) is 7.58. The molecule has 0 aliphatic rings. The molecule has 0 aromatic carbocycles. The summed E-state index contributed by atoms with van der Waals surface area (Å²) < 4.78 is 13.4. The van der Waals surface area contributed by atoms with Crippen LogP contribution >= 0.6 is 0 Å². The number of H-pyrrole nitrogens is 1. The van der Waals surface area contributed by atoms with Crippen LogP contribution in [-0.2, 0) is 6.54 Å². The molecule has 0 amide bonds. The Labute approximate surface area is 90.9 Å². The SMILES string of the molecule is Cc1cn(CC/C(=C\F)CO)c(=O)[nH]c1=O. The Morgan fingerprint density at radius 3 is 2.88 bits per heavy atom. The molecule has 5 nitrogen and oxygen atoms in total. The summed E-state index contributed by atoms with van der Waals surface area (Å²) in [6, 6.07) is 0. The number of nitrogens with zero attached hydrogens (tertiary/aromatic N) is 1. The maximum atomic E-state index is 12.1. The van der Waals surface area contributed by atoms with Crippen LogP contribution in [0.3, 0.4) is 0 Å². The van der Waals surface area contributed by atoms with Gasteiger partial charge in [-0.25, -0.2) is 9.18 Å². The molecule has 6 heteroatoms. The molecule has 0 saturated heterocycles. The van der Waals surface area contributed by atoms with Crippen molar-refractivity contribution in [3.8, 4) is 0 Å². The van der Waals surface area contributed by atoms with Crippen LogP contribution in [0.2, 0.25) is 0 Å². The Hall–Kier alpha value is -1.69. The number of hydrogen-bond acceptors (Lipinski definition) is 3. The van der Waals surface area contributed by atoms with E-state index < -0.39 is 11.2 Å². The second-order valence-corrected chi connectivity index (χ2v) is 3.44. The van der Waals surface area contributed by atoms with E-state index in [0.29, 0.717) is 11.9 Å². The van der Waals surface area contributed by atoms with Gasteiger partial charge in [-0.1, -0.05) is 0 Å². The molecule has 16 heavy (non-hydrogen) atoms. The Kier molecular flexibility index (Phi) is 4.19. The first-order valence-corrected chi connectivity index (χ1v) is 4.78. The number of aromatic amines is 1. The van der Waals surface area contributed by atoms with Crippen molar-refractivity contribution in [2.45, 2.75) is 19.9 Å². The van der Waals surface area contributed by atoms with Gasteiger partial charge in [0.25, 0.3) is 5.56 Å². The van der Waals surface area contributed by atoms with Crippen molar-refractivity contribution in [1.29, 1.82) is 0 Å².